The minimum Gasteiger partial charge on any atom is -0.478 e. The Kier molecular flexibility index (Phi) is 4.80. The molecule has 0 aromatic heterocycles. The van der Waals surface area contributed by atoms with Crippen molar-refractivity contribution in [1.29, 1.82) is 0 Å². The number of halogens is 1. The van der Waals surface area contributed by atoms with Gasteiger partial charge >= 0.3 is 5.97 Å². The van der Waals surface area contributed by atoms with Crippen LogP contribution in [0.5, 0.6) is 0 Å². The van der Waals surface area contributed by atoms with E-state index in [1.807, 2.05) is 6.92 Å². The van der Waals surface area contributed by atoms with E-state index in [1.165, 1.54) is 0 Å². The van der Waals surface area contributed by atoms with Gasteiger partial charge in [0.15, 0.2) is 0 Å². The van der Waals surface area contributed by atoms with Gasteiger partial charge in [-0.1, -0.05) is 13.3 Å². The molecule has 0 heterocycles. The van der Waals surface area contributed by atoms with E-state index >= 15 is 0 Å². The van der Waals surface area contributed by atoms with E-state index in [2.05, 4.69) is 4.72 Å². The Bertz CT molecular complexity index is 542. The molecular weight excluding hydrogens is 261 g/mol. The molecule has 1 aromatic carbocycles. The Morgan fingerprint density at radius 1 is 1.44 bits per heavy atom. The van der Waals surface area contributed by atoms with Crippen LogP contribution in [0.4, 0.5) is 4.39 Å². The van der Waals surface area contributed by atoms with Crippen LogP contribution in [0.25, 0.3) is 0 Å². The number of rotatable bonds is 6. The largest absolute Gasteiger partial charge is 0.478 e. The summed E-state index contributed by atoms with van der Waals surface area (Å²) in [5, 5.41) is 8.71. The smallest absolute Gasteiger partial charge is 0.338 e. The van der Waals surface area contributed by atoms with Crippen molar-refractivity contribution >= 4 is 16.0 Å². The molecule has 0 amide bonds. The van der Waals surface area contributed by atoms with Crippen molar-refractivity contribution in [2.45, 2.75) is 24.7 Å². The van der Waals surface area contributed by atoms with E-state index < -0.39 is 27.4 Å². The monoisotopic (exact) mass is 275 g/mol. The molecule has 0 fully saturated rings. The zero-order valence-corrected chi connectivity index (χ0v) is 10.6. The summed E-state index contributed by atoms with van der Waals surface area (Å²) in [7, 11) is -3.79. The van der Waals surface area contributed by atoms with Crippen LogP contribution in [-0.4, -0.2) is 26.0 Å². The molecule has 0 bridgehead atoms. The second-order valence-corrected chi connectivity index (χ2v) is 5.47. The van der Waals surface area contributed by atoms with Crippen LogP contribution in [0.2, 0.25) is 0 Å². The molecule has 2 N–H and O–H groups in total. The van der Waals surface area contributed by atoms with Crippen LogP contribution >= 0.6 is 0 Å². The van der Waals surface area contributed by atoms with Crippen molar-refractivity contribution in [2.75, 3.05) is 6.54 Å². The van der Waals surface area contributed by atoms with Crippen molar-refractivity contribution in [3.63, 3.8) is 0 Å². The summed E-state index contributed by atoms with van der Waals surface area (Å²) < 4.78 is 39.0. The summed E-state index contributed by atoms with van der Waals surface area (Å²) in [6, 6.07) is 2.68. The third-order valence-corrected chi connectivity index (χ3v) is 3.76. The van der Waals surface area contributed by atoms with Gasteiger partial charge in [0.2, 0.25) is 10.0 Å². The number of unbranched alkanes of at least 4 members (excludes halogenated alkanes) is 1. The third-order valence-electron chi connectivity index (χ3n) is 2.30. The number of carbonyl (C=O) groups is 1. The molecule has 0 saturated carbocycles. The minimum absolute atomic E-state index is 0.252. The van der Waals surface area contributed by atoms with E-state index in [1.54, 1.807) is 0 Å². The molecular formula is C11H14FNO4S. The van der Waals surface area contributed by atoms with Crippen LogP contribution in [0.3, 0.4) is 0 Å². The molecule has 0 radical (unpaired) electrons. The third kappa shape index (κ3) is 3.51. The fourth-order valence-corrected chi connectivity index (χ4v) is 2.40. The van der Waals surface area contributed by atoms with Gasteiger partial charge in [0.05, 0.1) is 10.5 Å². The number of carboxylic acid groups (broad SMARTS) is 1. The molecule has 1 aromatic rings. The lowest BCUT2D eigenvalue weighted by molar-refractivity contribution is 0.0691. The Labute approximate surface area is 105 Å². The van der Waals surface area contributed by atoms with Crippen molar-refractivity contribution in [2.24, 2.45) is 0 Å². The van der Waals surface area contributed by atoms with Gasteiger partial charge in [-0.15, -0.1) is 0 Å². The fraction of sp³-hybridized carbons (Fsp3) is 0.364. The average molecular weight is 275 g/mol. The maximum Gasteiger partial charge on any atom is 0.338 e. The number of nitrogens with one attached hydrogen (secondary N) is 1. The first-order valence-corrected chi connectivity index (χ1v) is 6.89. The van der Waals surface area contributed by atoms with Gasteiger partial charge in [0.25, 0.3) is 0 Å². The van der Waals surface area contributed by atoms with Crippen molar-refractivity contribution in [3.05, 3.63) is 29.6 Å². The number of benzene rings is 1. The molecule has 0 aliphatic rings. The lowest BCUT2D eigenvalue weighted by Crippen LogP contribution is -2.25. The SMILES string of the molecule is CCCCNS(=O)(=O)c1ccc(F)c(C(=O)O)c1. The van der Waals surface area contributed by atoms with Gasteiger partial charge in [-0.2, -0.15) is 0 Å². The minimum atomic E-state index is -3.79. The molecule has 0 unspecified atom stereocenters. The highest BCUT2D eigenvalue weighted by atomic mass is 32.2. The Morgan fingerprint density at radius 2 is 2.11 bits per heavy atom. The molecule has 18 heavy (non-hydrogen) atoms. The Balaban J connectivity index is 3.02. The van der Waals surface area contributed by atoms with E-state index in [0.29, 0.717) is 6.42 Å². The summed E-state index contributed by atoms with van der Waals surface area (Å²) in [6.07, 6.45) is 1.50. The van der Waals surface area contributed by atoms with E-state index in [4.69, 9.17) is 5.11 Å². The zero-order chi connectivity index (χ0) is 13.8. The summed E-state index contributed by atoms with van der Waals surface area (Å²) >= 11 is 0. The van der Waals surface area contributed by atoms with Gasteiger partial charge in [0.1, 0.15) is 5.82 Å². The highest BCUT2D eigenvalue weighted by Crippen LogP contribution is 2.15. The first kappa shape index (κ1) is 14.6. The first-order valence-electron chi connectivity index (χ1n) is 5.41. The lowest BCUT2D eigenvalue weighted by Gasteiger charge is -2.07. The number of aromatic carboxylic acids is 1. The van der Waals surface area contributed by atoms with Gasteiger partial charge in [-0.05, 0) is 24.6 Å². The Morgan fingerprint density at radius 3 is 2.67 bits per heavy atom. The number of carboxylic acids is 1. The molecule has 0 saturated heterocycles. The topological polar surface area (TPSA) is 83.5 Å². The molecule has 0 atom stereocenters. The molecule has 0 aliphatic heterocycles. The van der Waals surface area contributed by atoms with Gasteiger partial charge in [-0.25, -0.2) is 22.3 Å². The second kappa shape index (κ2) is 5.92. The number of hydrogen-bond acceptors (Lipinski definition) is 3. The molecule has 5 nitrogen and oxygen atoms in total. The van der Waals surface area contributed by atoms with Crippen LogP contribution in [0, 0.1) is 5.82 Å². The standard InChI is InChI=1S/C11H14FNO4S/c1-2-3-6-13-18(16,17)8-4-5-10(12)9(7-8)11(14)15/h4-5,7,13H,2-3,6H2,1H3,(H,14,15). The summed E-state index contributed by atoms with van der Waals surface area (Å²) in [5.41, 5.74) is -0.659. The van der Waals surface area contributed by atoms with Crippen molar-refractivity contribution in [1.82, 2.24) is 4.72 Å². The predicted molar refractivity (Wildman–Crippen MR) is 63.5 cm³/mol. The number of hydrogen-bond donors (Lipinski definition) is 2. The fourth-order valence-electron chi connectivity index (χ4n) is 1.30. The Hall–Kier alpha value is -1.47. The first-order chi connectivity index (χ1) is 8.38. The molecule has 0 spiro atoms. The van der Waals surface area contributed by atoms with Crippen LogP contribution < -0.4 is 4.72 Å². The van der Waals surface area contributed by atoms with Crippen LogP contribution in [-0.2, 0) is 10.0 Å². The summed E-state index contributed by atoms with van der Waals surface area (Å²) in [4.78, 5) is 10.5. The number of sulfonamides is 1. The van der Waals surface area contributed by atoms with Crippen molar-refractivity contribution in [3.8, 4) is 0 Å². The predicted octanol–water partition coefficient (Wildman–Crippen LogP) is 1.60. The van der Waals surface area contributed by atoms with E-state index in [-0.39, 0.29) is 11.4 Å². The highest BCUT2D eigenvalue weighted by molar-refractivity contribution is 7.89. The highest BCUT2D eigenvalue weighted by Gasteiger charge is 2.18. The lowest BCUT2D eigenvalue weighted by atomic mass is 10.2. The maximum absolute atomic E-state index is 13.1. The molecule has 100 valence electrons. The van der Waals surface area contributed by atoms with Gasteiger partial charge in [0, 0.05) is 6.54 Å². The maximum atomic E-state index is 13.1. The average Bonchev–Trinajstić information content (AvgIpc) is 2.29. The molecule has 0 aliphatic carbocycles. The van der Waals surface area contributed by atoms with Gasteiger partial charge in [-0.3, -0.25) is 0 Å². The quantitative estimate of drug-likeness (QED) is 0.772. The van der Waals surface area contributed by atoms with Crippen LogP contribution in [0.1, 0.15) is 30.1 Å². The second-order valence-electron chi connectivity index (χ2n) is 3.70. The zero-order valence-electron chi connectivity index (χ0n) is 9.81. The summed E-state index contributed by atoms with van der Waals surface area (Å²) in [6.45, 7) is 2.17. The van der Waals surface area contributed by atoms with E-state index in [9.17, 15) is 17.6 Å². The molecule has 7 heteroatoms. The van der Waals surface area contributed by atoms with E-state index in [0.717, 1.165) is 24.6 Å². The van der Waals surface area contributed by atoms with Crippen LogP contribution in [0.15, 0.2) is 23.1 Å². The normalized spacial score (nSPS) is 11.4. The van der Waals surface area contributed by atoms with Crippen molar-refractivity contribution < 1.29 is 22.7 Å². The van der Waals surface area contributed by atoms with Gasteiger partial charge < -0.3 is 5.11 Å². The summed E-state index contributed by atoms with van der Waals surface area (Å²) in [5.74, 6) is -2.46. The molecule has 1 rings (SSSR count).